The Kier molecular flexibility index (Phi) is 4.99. The van der Waals surface area contributed by atoms with Crippen molar-refractivity contribution in [3.05, 3.63) is 41.2 Å². The molecule has 0 aromatic carbocycles. The molecule has 142 valence electrons. The summed E-state index contributed by atoms with van der Waals surface area (Å²) in [5.41, 5.74) is 5.57. The van der Waals surface area contributed by atoms with Crippen LogP contribution in [0, 0.1) is 6.92 Å². The number of rotatable bonds is 4. The number of ether oxygens (including phenoxy) is 1. The lowest BCUT2D eigenvalue weighted by atomic mass is 10.00. The lowest BCUT2D eigenvalue weighted by Crippen LogP contribution is -2.17. The average molecular weight is 365 g/mol. The van der Waals surface area contributed by atoms with E-state index < -0.39 is 0 Å². The topological polar surface area (TPSA) is 62.3 Å². The van der Waals surface area contributed by atoms with Gasteiger partial charge in [0.25, 0.3) is 0 Å². The van der Waals surface area contributed by atoms with Gasteiger partial charge < -0.3 is 20.3 Å². The summed E-state index contributed by atoms with van der Waals surface area (Å²) in [5, 5.41) is 6.57. The fraction of sp³-hybridized carbons (Fsp3) is 0.429. The molecule has 6 heteroatoms. The minimum Gasteiger partial charge on any atom is -0.491 e. The summed E-state index contributed by atoms with van der Waals surface area (Å²) in [4.78, 5) is 11.7. The van der Waals surface area contributed by atoms with Gasteiger partial charge in [-0.1, -0.05) is 6.08 Å². The number of hydrogen-bond acceptors (Lipinski definition) is 6. The molecule has 27 heavy (non-hydrogen) atoms. The van der Waals surface area contributed by atoms with Crippen molar-refractivity contribution in [2.24, 2.45) is 0 Å². The van der Waals surface area contributed by atoms with Crippen molar-refractivity contribution in [1.82, 2.24) is 14.9 Å². The van der Waals surface area contributed by atoms with E-state index in [1.807, 2.05) is 26.1 Å². The van der Waals surface area contributed by atoms with Crippen molar-refractivity contribution in [2.75, 3.05) is 44.4 Å². The summed E-state index contributed by atoms with van der Waals surface area (Å²) in [6, 6.07) is 6.13. The maximum atomic E-state index is 5.94. The van der Waals surface area contributed by atoms with E-state index in [0.29, 0.717) is 6.61 Å². The number of aromatic nitrogens is 2. The molecule has 0 saturated carbocycles. The lowest BCUT2D eigenvalue weighted by molar-refractivity contribution is 0.356. The molecule has 4 rings (SSSR count). The second-order valence-electron chi connectivity index (χ2n) is 7.28. The monoisotopic (exact) mass is 365 g/mol. The number of allylic oxidation sites excluding steroid dienone is 1. The van der Waals surface area contributed by atoms with E-state index in [1.165, 1.54) is 11.1 Å². The Bertz CT molecular complexity index is 877. The van der Waals surface area contributed by atoms with Crippen molar-refractivity contribution in [3.63, 3.8) is 0 Å². The van der Waals surface area contributed by atoms with Gasteiger partial charge in [0.2, 0.25) is 0 Å². The van der Waals surface area contributed by atoms with Gasteiger partial charge in [-0.05, 0) is 51.1 Å². The summed E-state index contributed by atoms with van der Waals surface area (Å²) >= 11 is 0. The van der Waals surface area contributed by atoms with Gasteiger partial charge >= 0.3 is 0 Å². The summed E-state index contributed by atoms with van der Waals surface area (Å²) < 4.78 is 5.94. The van der Waals surface area contributed by atoms with E-state index in [4.69, 9.17) is 9.72 Å². The van der Waals surface area contributed by atoms with Crippen LogP contribution in [0.25, 0.3) is 5.57 Å². The predicted molar refractivity (Wildman–Crippen MR) is 110 cm³/mol. The molecule has 0 spiro atoms. The van der Waals surface area contributed by atoms with Crippen molar-refractivity contribution >= 4 is 22.9 Å². The lowest BCUT2D eigenvalue weighted by Gasteiger charge is -2.14. The zero-order valence-electron chi connectivity index (χ0n) is 16.3. The van der Waals surface area contributed by atoms with Gasteiger partial charge in [-0.2, -0.15) is 0 Å². The van der Waals surface area contributed by atoms with E-state index in [1.54, 1.807) is 0 Å². The average Bonchev–Trinajstić information content (AvgIpc) is 3.01. The summed E-state index contributed by atoms with van der Waals surface area (Å²) in [6.45, 7) is 4.80. The predicted octanol–water partition coefficient (Wildman–Crippen LogP) is 3.61. The highest BCUT2D eigenvalue weighted by molar-refractivity contribution is 5.75. The molecule has 0 bridgehead atoms. The maximum Gasteiger partial charge on any atom is 0.148 e. The minimum absolute atomic E-state index is 0.707. The quantitative estimate of drug-likeness (QED) is 0.863. The van der Waals surface area contributed by atoms with Gasteiger partial charge in [-0.3, -0.25) is 0 Å². The van der Waals surface area contributed by atoms with Crippen LogP contribution >= 0.6 is 0 Å². The van der Waals surface area contributed by atoms with Crippen LogP contribution in [-0.4, -0.2) is 48.7 Å². The van der Waals surface area contributed by atoms with Crippen LogP contribution in [0.5, 0.6) is 5.75 Å². The van der Waals surface area contributed by atoms with Gasteiger partial charge in [0.1, 0.15) is 17.4 Å². The number of aryl methyl sites for hydroxylation is 1. The Balaban J connectivity index is 1.70. The maximum absolute atomic E-state index is 5.94. The second kappa shape index (κ2) is 7.56. The molecule has 2 aromatic rings. The molecule has 0 aliphatic carbocycles. The second-order valence-corrected chi connectivity index (χ2v) is 7.28. The molecule has 4 heterocycles. The standard InChI is InChI=1S/C21H27N5O/c1-14-11-16(22-2)12-19(23-14)25-20-13-17(21-18(24-20)7-10-27-21)15-5-4-8-26(3)9-6-15/h6,11-13H,4-5,7-10H2,1-3H3,(H2,22,23,24,25). The first-order chi connectivity index (χ1) is 13.1. The zero-order valence-corrected chi connectivity index (χ0v) is 16.3. The van der Waals surface area contributed by atoms with Crippen LogP contribution in [0.3, 0.4) is 0 Å². The molecule has 0 saturated heterocycles. The van der Waals surface area contributed by atoms with Crippen LogP contribution in [0.1, 0.15) is 29.8 Å². The third-order valence-corrected chi connectivity index (χ3v) is 5.11. The molecule has 0 atom stereocenters. The van der Waals surface area contributed by atoms with Crippen molar-refractivity contribution in [1.29, 1.82) is 0 Å². The number of fused-ring (bicyclic) bond motifs is 1. The van der Waals surface area contributed by atoms with Crippen LogP contribution in [0.4, 0.5) is 17.3 Å². The largest absolute Gasteiger partial charge is 0.491 e. The molecule has 2 aromatic heterocycles. The Morgan fingerprint density at radius 2 is 1.96 bits per heavy atom. The Hall–Kier alpha value is -2.60. The minimum atomic E-state index is 0.707. The molecule has 0 fully saturated rings. The SMILES string of the molecule is CNc1cc(C)nc(Nc2cc(C3=CCN(C)CCC3)c3c(n2)CCO3)c1. The first kappa shape index (κ1) is 17.8. The summed E-state index contributed by atoms with van der Waals surface area (Å²) in [6.07, 6.45) is 5.41. The molecule has 6 nitrogen and oxygen atoms in total. The van der Waals surface area contributed by atoms with E-state index in [9.17, 15) is 0 Å². The van der Waals surface area contributed by atoms with Crippen molar-refractivity contribution in [2.45, 2.75) is 26.2 Å². The van der Waals surface area contributed by atoms with Gasteiger partial charge in [0, 0.05) is 43.0 Å². The fourth-order valence-corrected chi connectivity index (χ4v) is 3.72. The Labute approximate surface area is 160 Å². The molecular weight excluding hydrogens is 338 g/mol. The van der Waals surface area contributed by atoms with Crippen LogP contribution in [0.2, 0.25) is 0 Å². The van der Waals surface area contributed by atoms with E-state index >= 15 is 0 Å². The molecule has 2 aliphatic heterocycles. The molecule has 2 N–H and O–H groups in total. The van der Waals surface area contributed by atoms with Crippen molar-refractivity contribution < 1.29 is 4.74 Å². The number of hydrogen-bond donors (Lipinski definition) is 2. The number of pyridine rings is 2. The van der Waals surface area contributed by atoms with Crippen molar-refractivity contribution in [3.8, 4) is 5.75 Å². The van der Waals surface area contributed by atoms with Crippen LogP contribution < -0.4 is 15.4 Å². The third kappa shape index (κ3) is 3.90. The highest BCUT2D eigenvalue weighted by Crippen LogP contribution is 2.37. The number of nitrogens with one attached hydrogen (secondary N) is 2. The fourth-order valence-electron chi connectivity index (χ4n) is 3.72. The van der Waals surface area contributed by atoms with Crippen LogP contribution in [-0.2, 0) is 6.42 Å². The first-order valence-corrected chi connectivity index (χ1v) is 9.60. The van der Waals surface area contributed by atoms with Gasteiger partial charge in [-0.25, -0.2) is 9.97 Å². The number of nitrogens with zero attached hydrogens (tertiary/aromatic N) is 3. The van der Waals surface area contributed by atoms with Gasteiger partial charge in [0.05, 0.1) is 12.3 Å². The highest BCUT2D eigenvalue weighted by atomic mass is 16.5. The first-order valence-electron chi connectivity index (χ1n) is 9.60. The Morgan fingerprint density at radius 1 is 1.11 bits per heavy atom. The van der Waals surface area contributed by atoms with Gasteiger partial charge in [0.15, 0.2) is 0 Å². The molecular formula is C21H27N5O. The number of anilines is 3. The third-order valence-electron chi connectivity index (χ3n) is 5.11. The molecule has 2 aliphatic rings. The molecule has 0 amide bonds. The summed E-state index contributed by atoms with van der Waals surface area (Å²) in [7, 11) is 4.08. The van der Waals surface area contributed by atoms with E-state index in [-0.39, 0.29) is 0 Å². The molecule has 0 unspecified atom stereocenters. The normalized spacial score (nSPS) is 16.9. The van der Waals surface area contributed by atoms with E-state index in [0.717, 1.165) is 66.8 Å². The zero-order chi connectivity index (χ0) is 18.8. The summed E-state index contributed by atoms with van der Waals surface area (Å²) in [5.74, 6) is 2.59. The number of likely N-dealkylation sites (N-methyl/N-ethyl adjacent to an activating group) is 1. The van der Waals surface area contributed by atoms with E-state index in [2.05, 4.69) is 39.7 Å². The Morgan fingerprint density at radius 3 is 2.81 bits per heavy atom. The van der Waals surface area contributed by atoms with Gasteiger partial charge in [-0.15, -0.1) is 0 Å². The molecule has 0 radical (unpaired) electrons. The van der Waals surface area contributed by atoms with Crippen LogP contribution in [0.15, 0.2) is 24.3 Å². The smallest absolute Gasteiger partial charge is 0.148 e. The highest BCUT2D eigenvalue weighted by Gasteiger charge is 2.22.